The van der Waals surface area contributed by atoms with Crippen LogP contribution in [0, 0.1) is 12.7 Å². The van der Waals surface area contributed by atoms with E-state index in [9.17, 15) is 4.39 Å². The van der Waals surface area contributed by atoms with Gasteiger partial charge in [0.25, 0.3) is 0 Å². The maximum Gasteiger partial charge on any atom is 0.171 e. The normalized spacial score (nSPS) is 14.0. The maximum atomic E-state index is 13.6. The highest BCUT2D eigenvalue weighted by molar-refractivity contribution is 7.80. The van der Waals surface area contributed by atoms with E-state index in [4.69, 9.17) is 21.7 Å². The second-order valence-electron chi connectivity index (χ2n) is 5.69. The van der Waals surface area contributed by atoms with Gasteiger partial charge in [-0.15, -0.1) is 0 Å². The zero-order chi connectivity index (χ0) is 17.1. The Hall–Kier alpha value is -2.34. The van der Waals surface area contributed by atoms with Crippen molar-refractivity contribution in [3.05, 3.63) is 53.3 Å². The van der Waals surface area contributed by atoms with Crippen LogP contribution in [0.15, 0.2) is 36.4 Å². The van der Waals surface area contributed by atoms with Gasteiger partial charge in [-0.25, -0.2) is 4.39 Å². The first-order chi connectivity index (χ1) is 11.5. The molecule has 0 saturated carbocycles. The lowest BCUT2D eigenvalue weighted by atomic mass is 10.1. The first kappa shape index (κ1) is 16.5. The third kappa shape index (κ3) is 3.76. The SMILES string of the molecule is Cc1ccc(NC(=S)N[C@H](C)c2ccc3c(c2)OCCO3)cc1F. The van der Waals surface area contributed by atoms with E-state index in [1.165, 1.54) is 6.07 Å². The van der Waals surface area contributed by atoms with Crippen molar-refractivity contribution in [3.8, 4) is 11.5 Å². The van der Waals surface area contributed by atoms with Crippen LogP contribution in [0.5, 0.6) is 11.5 Å². The van der Waals surface area contributed by atoms with Gasteiger partial charge in [-0.3, -0.25) is 0 Å². The van der Waals surface area contributed by atoms with Gasteiger partial charge in [0.15, 0.2) is 16.6 Å². The number of anilines is 1. The minimum absolute atomic E-state index is 0.0314. The first-order valence-corrected chi connectivity index (χ1v) is 8.17. The zero-order valence-corrected chi connectivity index (χ0v) is 14.4. The van der Waals surface area contributed by atoms with E-state index < -0.39 is 0 Å². The van der Waals surface area contributed by atoms with Crippen molar-refractivity contribution >= 4 is 23.0 Å². The molecule has 126 valence electrons. The van der Waals surface area contributed by atoms with Crippen molar-refractivity contribution in [2.75, 3.05) is 18.5 Å². The molecular formula is C18H19FN2O2S. The molecule has 1 heterocycles. The van der Waals surface area contributed by atoms with Crippen LogP contribution in [0.4, 0.5) is 10.1 Å². The van der Waals surface area contributed by atoms with Gasteiger partial charge in [0.05, 0.1) is 6.04 Å². The van der Waals surface area contributed by atoms with Crippen LogP contribution in [0.1, 0.15) is 24.1 Å². The molecule has 0 saturated heterocycles. The molecule has 0 fully saturated rings. The molecule has 0 unspecified atom stereocenters. The number of hydrogen-bond donors (Lipinski definition) is 2. The molecule has 2 aromatic carbocycles. The molecule has 2 N–H and O–H groups in total. The van der Waals surface area contributed by atoms with Gasteiger partial charge in [0, 0.05) is 5.69 Å². The third-order valence-electron chi connectivity index (χ3n) is 3.84. The summed E-state index contributed by atoms with van der Waals surface area (Å²) < 4.78 is 24.7. The topological polar surface area (TPSA) is 42.5 Å². The average Bonchev–Trinajstić information content (AvgIpc) is 2.57. The summed E-state index contributed by atoms with van der Waals surface area (Å²) >= 11 is 5.31. The summed E-state index contributed by atoms with van der Waals surface area (Å²) in [7, 11) is 0. The Morgan fingerprint density at radius 3 is 2.62 bits per heavy atom. The van der Waals surface area contributed by atoms with Gasteiger partial charge in [-0.05, 0) is 61.5 Å². The van der Waals surface area contributed by atoms with Crippen LogP contribution >= 0.6 is 12.2 Å². The molecule has 6 heteroatoms. The van der Waals surface area contributed by atoms with E-state index in [2.05, 4.69) is 10.6 Å². The van der Waals surface area contributed by atoms with Gasteiger partial charge < -0.3 is 20.1 Å². The molecule has 3 rings (SSSR count). The summed E-state index contributed by atoms with van der Waals surface area (Å²) in [6.07, 6.45) is 0. The molecule has 0 aromatic heterocycles. The molecule has 0 bridgehead atoms. The molecule has 0 radical (unpaired) electrons. The van der Waals surface area contributed by atoms with E-state index in [0.717, 1.165) is 17.1 Å². The lowest BCUT2D eigenvalue weighted by Gasteiger charge is -2.22. The van der Waals surface area contributed by atoms with Crippen molar-refractivity contribution in [2.24, 2.45) is 0 Å². The largest absolute Gasteiger partial charge is 0.486 e. The van der Waals surface area contributed by atoms with E-state index in [0.29, 0.717) is 29.6 Å². The van der Waals surface area contributed by atoms with E-state index >= 15 is 0 Å². The fourth-order valence-corrected chi connectivity index (χ4v) is 2.74. The van der Waals surface area contributed by atoms with E-state index in [1.807, 2.05) is 25.1 Å². The van der Waals surface area contributed by atoms with Crippen LogP contribution in [0.3, 0.4) is 0 Å². The Balaban J connectivity index is 1.64. The summed E-state index contributed by atoms with van der Waals surface area (Å²) in [4.78, 5) is 0. The minimum Gasteiger partial charge on any atom is -0.486 e. The number of halogens is 1. The van der Waals surface area contributed by atoms with Crippen molar-refractivity contribution < 1.29 is 13.9 Å². The van der Waals surface area contributed by atoms with Crippen molar-refractivity contribution in [1.29, 1.82) is 0 Å². The smallest absolute Gasteiger partial charge is 0.171 e. The Labute approximate surface area is 146 Å². The van der Waals surface area contributed by atoms with Crippen LogP contribution in [0.2, 0.25) is 0 Å². The number of thiocarbonyl (C=S) groups is 1. The quantitative estimate of drug-likeness (QED) is 0.824. The molecular weight excluding hydrogens is 327 g/mol. The van der Waals surface area contributed by atoms with Crippen molar-refractivity contribution in [2.45, 2.75) is 19.9 Å². The van der Waals surface area contributed by atoms with E-state index in [1.54, 1.807) is 19.1 Å². The predicted octanol–water partition coefficient (Wildman–Crippen LogP) is 3.95. The number of ether oxygens (including phenoxy) is 2. The predicted molar refractivity (Wildman–Crippen MR) is 96.3 cm³/mol. The molecule has 1 aliphatic heterocycles. The molecule has 0 spiro atoms. The Bertz CT molecular complexity index is 767. The summed E-state index contributed by atoms with van der Waals surface area (Å²) in [5.41, 5.74) is 2.24. The third-order valence-corrected chi connectivity index (χ3v) is 4.06. The van der Waals surface area contributed by atoms with E-state index in [-0.39, 0.29) is 11.9 Å². The van der Waals surface area contributed by atoms with Gasteiger partial charge in [-0.2, -0.15) is 0 Å². The first-order valence-electron chi connectivity index (χ1n) is 7.76. The Morgan fingerprint density at radius 2 is 1.88 bits per heavy atom. The van der Waals surface area contributed by atoms with Crippen molar-refractivity contribution in [1.82, 2.24) is 5.32 Å². The lowest BCUT2D eigenvalue weighted by Crippen LogP contribution is -2.31. The molecule has 2 aromatic rings. The molecule has 0 aliphatic carbocycles. The second kappa shape index (κ2) is 7.05. The lowest BCUT2D eigenvalue weighted by molar-refractivity contribution is 0.171. The van der Waals surface area contributed by atoms with Gasteiger partial charge in [0.2, 0.25) is 0 Å². The van der Waals surface area contributed by atoms with Gasteiger partial charge >= 0.3 is 0 Å². The maximum absolute atomic E-state index is 13.6. The Kier molecular flexibility index (Phi) is 4.85. The minimum atomic E-state index is -0.261. The molecule has 4 nitrogen and oxygen atoms in total. The molecule has 24 heavy (non-hydrogen) atoms. The summed E-state index contributed by atoms with van der Waals surface area (Å²) in [5.74, 6) is 1.24. The number of nitrogens with one attached hydrogen (secondary N) is 2. The number of rotatable bonds is 3. The Morgan fingerprint density at radius 1 is 1.12 bits per heavy atom. The zero-order valence-electron chi connectivity index (χ0n) is 13.6. The van der Waals surface area contributed by atoms with Crippen LogP contribution in [-0.4, -0.2) is 18.3 Å². The number of benzene rings is 2. The summed E-state index contributed by atoms with van der Waals surface area (Å²) in [6.45, 7) is 4.84. The highest BCUT2D eigenvalue weighted by Crippen LogP contribution is 2.32. The summed E-state index contributed by atoms with van der Waals surface area (Å²) in [6, 6.07) is 10.7. The second-order valence-corrected chi connectivity index (χ2v) is 6.10. The van der Waals surface area contributed by atoms with Gasteiger partial charge in [0.1, 0.15) is 19.0 Å². The monoisotopic (exact) mass is 346 g/mol. The van der Waals surface area contributed by atoms with Crippen LogP contribution in [0.25, 0.3) is 0 Å². The highest BCUT2D eigenvalue weighted by Gasteiger charge is 2.15. The van der Waals surface area contributed by atoms with Gasteiger partial charge in [-0.1, -0.05) is 12.1 Å². The number of fused-ring (bicyclic) bond motifs is 1. The number of hydrogen-bond acceptors (Lipinski definition) is 3. The number of aryl methyl sites for hydroxylation is 1. The average molecular weight is 346 g/mol. The molecule has 1 atom stereocenters. The standard InChI is InChI=1S/C18H19FN2O2S/c1-11-3-5-14(10-15(11)19)21-18(24)20-12(2)13-4-6-16-17(9-13)23-8-7-22-16/h3-6,9-10,12H,7-8H2,1-2H3,(H2,20,21,24)/t12-/m1/s1. The fraction of sp³-hybridized carbons (Fsp3) is 0.278. The van der Waals surface area contributed by atoms with Crippen LogP contribution in [-0.2, 0) is 0 Å². The van der Waals surface area contributed by atoms with Crippen molar-refractivity contribution in [3.63, 3.8) is 0 Å². The summed E-state index contributed by atoms with van der Waals surface area (Å²) in [5, 5.41) is 6.62. The molecule has 0 amide bonds. The fourth-order valence-electron chi connectivity index (χ4n) is 2.45. The van der Waals surface area contributed by atoms with Crippen LogP contribution < -0.4 is 20.1 Å². The molecule has 1 aliphatic rings. The highest BCUT2D eigenvalue weighted by atomic mass is 32.1.